The minimum absolute atomic E-state index is 0.156. The molecule has 2 unspecified atom stereocenters. The minimum Gasteiger partial charge on any atom is -0.367 e. The third-order valence-electron chi connectivity index (χ3n) is 4.48. The van der Waals surface area contributed by atoms with Gasteiger partial charge in [0.25, 0.3) is 0 Å². The highest BCUT2D eigenvalue weighted by Crippen LogP contribution is 2.23. The number of alkyl halides is 1. The summed E-state index contributed by atoms with van der Waals surface area (Å²) in [4.78, 5) is 4.04. The fourth-order valence-electron chi connectivity index (χ4n) is 2.55. The number of unbranched alkanes of at least 4 members (excludes halogenated alkanes) is 1. The summed E-state index contributed by atoms with van der Waals surface area (Å²) in [7, 11) is 0. The fraction of sp³-hybridized carbons (Fsp3) is 0.773. The minimum atomic E-state index is -0.700. The number of anilines is 1. The van der Waals surface area contributed by atoms with Crippen LogP contribution in [0.25, 0.3) is 0 Å². The van der Waals surface area contributed by atoms with Gasteiger partial charge in [-0.3, -0.25) is 4.39 Å². The molecule has 0 amide bonds. The quantitative estimate of drug-likeness (QED) is 0.295. The molecule has 6 heteroatoms. The predicted octanol–water partition coefficient (Wildman–Crippen LogP) is 6.68. The summed E-state index contributed by atoms with van der Waals surface area (Å²) in [6.45, 7) is 13.0. The van der Waals surface area contributed by atoms with Crippen LogP contribution in [0.3, 0.4) is 0 Å². The number of ether oxygens (including phenoxy) is 2. The number of nitrogens with zero attached hydrogens (tertiary/aromatic N) is 1. The van der Waals surface area contributed by atoms with Crippen LogP contribution < -0.4 is 5.32 Å². The number of aromatic nitrogens is 1. The maximum Gasteiger partial charge on any atom is 0.223 e. The fourth-order valence-corrected chi connectivity index (χ4v) is 2.55. The first kappa shape index (κ1) is 26.7. The Balaban J connectivity index is 0.00000129. The molecule has 0 aromatic carbocycles. The van der Waals surface area contributed by atoms with Crippen molar-refractivity contribution >= 4 is 5.82 Å². The van der Waals surface area contributed by atoms with Gasteiger partial charge in [0.1, 0.15) is 5.82 Å². The van der Waals surface area contributed by atoms with Crippen molar-refractivity contribution in [1.29, 1.82) is 0 Å². The van der Waals surface area contributed by atoms with Gasteiger partial charge in [0, 0.05) is 19.3 Å². The number of hydrogen-bond donors (Lipinski definition) is 1. The van der Waals surface area contributed by atoms with Crippen molar-refractivity contribution in [2.75, 3.05) is 25.2 Å². The monoisotopic (exact) mass is 402 g/mol. The first-order chi connectivity index (χ1) is 13.5. The Hall–Kier alpha value is -1.27. The van der Waals surface area contributed by atoms with Crippen LogP contribution in [0.5, 0.6) is 0 Å². The highest BCUT2D eigenvalue weighted by Gasteiger charge is 2.18. The van der Waals surface area contributed by atoms with Crippen LogP contribution in [0, 0.1) is 11.9 Å². The van der Waals surface area contributed by atoms with E-state index in [-0.39, 0.29) is 6.67 Å². The molecule has 0 saturated heterocycles. The Morgan fingerprint density at radius 1 is 1.04 bits per heavy atom. The lowest BCUT2D eigenvalue weighted by Gasteiger charge is -2.22. The van der Waals surface area contributed by atoms with E-state index in [1.165, 1.54) is 0 Å². The van der Waals surface area contributed by atoms with Crippen LogP contribution in [0.4, 0.5) is 14.6 Å². The molecule has 0 aliphatic heterocycles. The zero-order valence-corrected chi connectivity index (χ0v) is 18.6. The van der Waals surface area contributed by atoms with Crippen LogP contribution in [-0.4, -0.2) is 30.9 Å². The normalized spacial score (nSPS) is 13.0. The summed E-state index contributed by atoms with van der Waals surface area (Å²) in [6.07, 6.45) is 4.17. The van der Waals surface area contributed by atoms with Crippen LogP contribution in [-0.2, 0) is 9.47 Å². The van der Waals surface area contributed by atoms with Gasteiger partial charge in [-0.25, -0.2) is 4.98 Å². The molecule has 0 spiro atoms. The molecular weight excluding hydrogens is 362 g/mol. The van der Waals surface area contributed by atoms with E-state index < -0.39 is 12.2 Å². The number of rotatable bonds is 13. The molecule has 4 nitrogen and oxygen atoms in total. The molecule has 28 heavy (non-hydrogen) atoms. The molecule has 0 aliphatic rings. The molecule has 0 bridgehead atoms. The van der Waals surface area contributed by atoms with Crippen LogP contribution in [0.1, 0.15) is 85.5 Å². The summed E-state index contributed by atoms with van der Waals surface area (Å²) in [5.74, 6) is 0.658. The molecule has 0 fully saturated rings. The van der Waals surface area contributed by atoms with Gasteiger partial charge in [-0.05, 0) is 51.2 Å². The molecule has 1 aromatic rings. The van der Waals surface area contributed by atoms with Crippen molar-refractivity contribution in [3.05, 3.63) is 23.6 Å². The zero-order chi connectivity index (χ0) is 21.4. The van der Waals surface area contributed by atoms with E-state index in [9.17, 15) is 8.78 Å². The molecular formula is C22H40F2N2O2. The number of nitrogens with one attached hydrogen (secondary N) is 1. The van der Waals surface area contributed by atoms with E-state index in [2.05, 4.69) is 31.1 Å². The third-order valence-corrected chi connectivity index (χ3v) is 4.48. The molecule has 0 saturated carbocycles. The first-order valence-electron chi connectivity index (χ1n) is 10.7. The molecule has 1 aromatic heterocycles. The number of halogens is 2. The van der Waals surface area contributed by atoms with Crippen molar-refractivity contribution in [2.45, 2.75) is 86.0 Å². The predicted molar refractivity (Wildman–Crippen MR) is 113 cm³/mol. The zero-order valence-electron chi connectivity index (χ0n) is 18.6. The van der Waals surface area contributed by atoms with Crippen LogP contribution in [0.2, 0.25) is 0 Å². The van der Waals surface area contributed by atoms with Crippen molar-refractivity contribution in [3.63, 3.8) is 0 Å². The molecule has 1 heterocycles. The summed E-state index contributed by atoms with van der Waals surface area (Å²) >= 11 is 0. The van der Waals surface area contributed by atoms with Gasteiger partial charge in [0.05, 0.1) is 12.2 Å². The van der Waals surface area contributed by atoms with Gasteiger partial charge in [0.2, 0.25) is 5.95 Å². The van der Waals surface area contributed by atoms with Gasteiger partial charge >= 0.3 is 0 Å². The number of pyridine rings is 1. The van der Waals surface area contributed by atoms with Gasteiger partial charge in [-0.1, -0.05) is 40.5 Å². The van der Waals surface area contributed by atoms with E-state index in [1.54, 1.807) is 12.1 Å². The van der Waals surface area contributed by atoms with E-state index in [0.29, 0.717) is 36.6 Å². The summed E-state index contributed by atoms with van der Waals surface area (Å²) in [5.41, 5.74) is 0.342. The average molecular weight is 403 g/mol. The largest absolute Gasteiger partial charge is 0.367 e. The smallest absolute Gasteiger partial charge is 0.223 e. The lowest BCUT2D eigenvalue weighted by molar-refractivity contribution is -0.142. The second-order valence-corrected chi connectivity index (χ2v) is 6.86. The standard InChI is InChI=1S/C18H31FN2O2.C4H9F/c1-6-13(5)12-14(7-2)20-16-11-10-15(17(19)21-16)18(22-8-3)23-9-4;1-2-3-4-5/h10-11,13-14,18H,6-9,12H2,1-5H3,(H,20,21);2-4H2,1H3. The average Bonchev–Trinajstić information content (AvgIpc) is 2.68. The number of hydrogen-bond acceptors (Lipinski definition) is 4. The lowest BCUT2D eigenvalue weighted by Crippen LogP contribution is -2.22. The SMILES string of the molecule is CCCCF.CCOC(OCC)c1ccc(NC(CC)CC(C)CC)nc1F. The maximum absolute atomic E-state index is 14.3. The highest BCUT2D eigenvalue weighted by molar-refractivity contribution is 5.37. The van der Waals surface area contributed by atoms with E-state index >= 15 is 0 Å². The third kappa shape index (κ3) is 10.9. The highest BCUT2D eigenvalue weighted by atomic mass is 19.1. The second-order valence-electron chi connectivity index (χ2n) is 6.86. The van der Waals surface area contributed by atoms with Crippen LogP contribution >= 0.6 is 0 Å². The molecule has 164 valence electrons. The molecule has 1 N–H and O–H groups in total. The second kappa shape index (κ2) is 16.7. The topological polar surface area (TPSA) is 43.4 Å². The summed E-state index contributed by atoms with van der Waals surface area (Å²) in [6, 6.07) is 3.79. The molecule has 2 atom stereocenters. The first-order valence-corrected chi connectivity index (χ1v) is 10.7. The maximum atomic E-state index is 14.3. The van der Waals surface area contributed by atoms with Crippen LogP contribution in [0.15, 0.2) is 12.1 Å². The van der Waals surface area contributed by atoms with E-state index in [0.717, 1.165) is 32.1 Å². The Kier molecular flexibility index (Phi) is 15.9. The van der Waals surface area contributed by atoms with E-state index in [1.807, 2.05) is 20.8 Å². The summed E-state index contributed by atoms with van der Waals surface area (Å²) < 4.78 is 36.2. The Bertz CT molecular complexity index is 495. The van der Waals surface area contributed by atoms with Crippen molar-refractivity contribution in [1.82, 2.24) is 4.98 Å². The van der Waals surface area contributed by atoms with Gasteiger partial charge in [-0.15, -0.1) is 0 Å². The van der Waals surface area contributed by atoms with Gasteiger partial charge < -0.3 is 14.8 Å². The lowest BCUT2D eigenvalue weighted by atomic mass is 9.98. The Morgan fingerprint density at radius 3 is 2.07 bits per heavy atom. The van der Waals surface area contributed by atoms with Crippen molar-refractivity contribution in [3.8, 4) is 0 Å². The van der Waals surface area contributed by atoms with Crippen molar-refractivity contribution < 1.29 is 18.3 Å². The summed E-state index contributed by atoms with van der Waals surface area (Å²) in [5, 5.41) is 3.33. The van der Waals surface area contributed by atoms with Gasteiger partial charge in [0.15, 0.2) is 6.29 Å². The molecule has 0 aliphatic carbocycles. The Morgan fingerprint density at radius 2 is 1.68 bits per heavy atom. The molecule has 1 rings (SSSR count). The van der Waals surface area contributed by atoms with Crippen molar-refractivity contribution in [2.24, 2.45) is 5.92 Å². The molecule has 0 radical (unpaired) electrons. The van der Waals surface area contributed by atoms with Gasteiger partial charge in [-0.2, -0.15) is 4.39 Å². The Labute approximate surface area is 170 Å². The van der Waals surface area contributed by atoms with E-state index in [4.69, 9.17) is 9.47 Å².